The second kappa shape index (κ2) is 5.19. The molecule has 0 atom stereocenters. The van der Waals surface area contributed by atoms with E-state index in [9.17, 15) is 10.1 Å². The number of rotatable bonds is 4. The maximum absolute atomic E-state index is 11.0. The molecular formula is C10H10ClN5O3. The van der Waals surface area contributed by atoms with Crippen molar-refractivity contribution >= 4 is 23.1 Å². The largest absolute Gasteiger partial charge is 0.361 e. The quantitative estimate of drug-likeness (QED) is 0.521. The van der Waals surface area contributed by atoms with Gasteiger partial charge < -0.3 is 9.84 Å². The molecule has 0 unspecified atom stereocenters. The van der Waals surface area contributed by atoms with Crippen molar-refractivity contribution in [3.63, 3.8) is 0 Å². The molecule has 2 aromatic heterocycles. The third-order valence-corrected chi connectivity index (χ3v) is 2.50. The SMILES string of the molecule is Cc1cc(CNc2nc(Cl)nc(C)c2[N+](=O)[O-])no1. The number of halogens is 1. The summed E-state index contributed by atoms with van der Waals surface area (Å²) >= 11 is 5.69. The zero-order valence-corrected chi connectivity index (χ0v) is 10.9. The lowest BCUT2D eigenvalue weighted by Gasteiger charge is -2.06. The number of aryl methyl sites for hydroxylation is 2. The van der Waals surface area contributed by atoms with Gasteiger partial charge in [-0.25, -0.2) is 4.98 Å². The summed E-state index contributed by atoms with van der Waals surface area (Å²) in [5.74, 6) is 0.714. The number of aromatic nitrogens is 3. The minimum Gasteiger partial charge on any atom is -0.361 e. The topological polar surface area (TPSA) is 107 Å². The molecule has 19 heavy (non-hydrogen) atoms. The number of nitrogens with one attached hydrogen (secondary N) is 1. The van der Waals surface area contributed by atoms with E-state index in [0.717, 1.165) is 0 Å². The molecule has 0 aliphatic rings. The third kappa shape index (κ3) is 2.97. The monoisotopic (exact) mass is 283 g/mol. The summed E-state index contributed by atoms with van der Waals surface area (Å²) in [4.78, 5) is 18.0. The lowest BCUT2D eigenvalue weighted by Crippen LogP contribution is -2.07. The molecule has 0 aromatic carbocycles. The zero-order valence-electron chi connectivity index (χ0n) is 10.2. The van der Waals surface area contributed by atoms with Crippen molar-refractivity contribution in [1.82, 2.24) is 15.1 Å². The lowest BCUT2D eigenvalue weighted by atomic mass is 10.3. The van der Waals surface area contributed by atoms with Crippen LogP contribution in [0.15, 0.2) is 10.6 Å². The van der Waals surface area contributed by atoms with Crippen molar-refractivity contribution in [3.8, 4) is 0 Å². The molecule has 2 aromatic rings. The Bertz CT molecular complexity index is 628. The Morgan fingerprint density at radius 1 is 1.47 bits per heavy atom. The van der Waals surface area contributed by atoms with Gasteiger partial charge in [-0.05, 0) is 25.4 Å². The molecule has 2 rings (SSSR count). The van der Waals surface area contributed by atoms with E-state index in [4.69, 9.17) is 16.1 Å². The van der Waals surface area contributed by atoms with Gasteiger partial charge in [-0.2, -0.15) is 4.98 Å². The Morgan fingerprint density at radius 3 is 2.79 bits per heavy atom. The molecule has 0 saturated heterocycles. The fourth-order valence-electron chi connectivity index (χ4n) is 1.55. The van der Waals surface area contributed by atoms with Gasteiger partial charge in [-0.15, -0.1) is 0 Å². The highest BCUT2D eigenvalue weighted by Crippen LogP contribution is 2.26. The van der Waals surface area contributed by atoms with E-state index in [1.807, 2.05) is 0 Å². The van der Waals surface area contributed by atoms with Crippen LogP contribution in [-0.4, -0.2) is 20.0 Å². The molecule has 8 nitrogen and oxygen atoms in total. The first kappa shape index (κ1) is 13.2. The maximum Gasteiger partial charge on any atom is 0.332 e. The fraction of sp³-hybridized carbons (Fsp3) is 0.300. The summed E-state index contributed by atoms with van der Waals surface area (Å²) in [6.07, 6.45) is 0. The number of nitro groups is 1. The van der Waals surface area contributed by atoms with Crippen molar-refractivity contribution in [2.45, 2.75) is 20.4 Å². The molecule has 0 spiro atoms. The first-order valence-electron chi connectivity index (χ1n) is 5.32. The smallest absolute Gasteiger partial charge is 0.332 e. The molecular weight excluding hydrogens is 274 g/mol. The van der Waals surface area contributed by atoms with Crippen LogP contribution < -0.4 is 5.32 Å². The molecule has 0 aliphatic heterocycles. The van der Waals surface area contributed by atoms with Crippen LogP contribution >= 0.6 is 11.6 Å². The van der Waals surface area contributed by atoms with Crippen LogP contribution in [0.5, 0.6) is 0 Å². The number of anilines is 1. The Balaban J connectivity index is 2.26. The highest BCUT2D eigenvalue weighted by molar-refractivity contribution is 6.28. The van der Waals surface area contributed by atoms with E-state index in [1.54, 1.807) is 13.0 Å². The van der Waals surface area contributed by atoms with Gasteiger partial charge in [0.25, 0.3) is 0 Å². The minimum atomic E-state index is -0.554. The summed E-state index contributed by atoms with van der Waals surface area (Å²) in [6.45, 7) is 3.49. The molecule has 0 fully saturated rings. The summed E-state index contributed by atoms with van der Waals surface area (Å²) in [5, 5.41) is 17.5. The molecule has 0 amide bonds. The summed E-state index contributed by atoms with van der Waals surface area (Å²) in [5.41, 5.74) is 0.604. The summed E-state index contributed by atoms with van der Waals surface area (Å²) in [6, 6.07) is 1.72. The minimum absolute atomic E-state index is 0.0538. The van der Waals surface area contributed by atoms with Crippen LogP contribution in [0.2, 0.25) is 5.28 Å². The predicted octanol–water partition coefficient (Wildman–Crippen LogP) is 2.26. The third-order valence-electron chi connectivity index (χ3n) is 2.33. The fourth-order valence-corrected chi connectivity index (χ4v) is 1.76. The average molecular weight is 284 g/mol. The average Bonchev–Trinajstić information content (AvgIpc) is 2.71. The van der Waals surface area contributed by atoms with Gasteiger partial charge in [-0.1, -0.05) is 5.16 Å². The van der Waals surface area contributed by atoms with Crippen LogP contribution in [0, 0.1) is 24.0 Å². The summed E-state index contributed by atoms with van der Waals surface area (Å²) in [7, 11) is 0. The van der Waals surface area contributed by atoms with Crippen molar-refractivity contribution in [2.24, 2.45) is 0 Å². The highest BCUT2D eigenvalue weighted by Gasteiger charge is 2.21. The zero-order chi connectivity index (χ0) is 14.0. The Morgan fingerprint density at radius 2 is 2.21 bits per heavy atom. The van der Waals surface area contributed by atoms with E-state index in [2.05, 4.69) is 20.4 Å². The van der Waals surface area contributed by atoms with Gasteiger partial charge in [-0.3, -0.25) is 10.1 Å². The van der Waals surface area contributed by atoms with Gasteiger partial charge in [0.2, 0.25) is 11.1 Å². The van der Waals surface area contributed by atoms with Crippen molar-refractivity contribution in [2.75, 3.05) is 5.32 Å². The van der Waals surface area contributed by atoms with Gasteiger partial charge >= 0.3 is 5.69 Å². The van der Waals surface area contributed by atoms with Gasteiger partial charge in [0.05, 0.1) is 11.5 Å². The second-order valence-corrected chi connectivity index (χ2v) is 4.15. The molecule has 0 radical (unpaired) electrons. The second-order valence-electron chi connectivity index (χ2n) is 3.81. The van der Waals surface area contributed by atoms with Crippen LogP contribution in [0.3, 0.4) is 0 Å². The number of hydrogen-bond acceptors (Lipinski definition) is 7. The molecule has 2 heterocycles. The van der Waals surface area contributed by atoms with E-state index in [1.165, 1.54) is 6.92 Å². The van der Waals surface area contributed by atoms with Crippen LogP contribution in [0.4, 0.5) is 11.5 Å². The first-order valence-corrected chi connectivity index (χ1v) is 5.69. The normalized spacial score (nSPS) is 10.5. The molecule has 100 valence electrons. The van der Waals surface area contributed by atoms with Gasteiger partial charge in [0.1, 0.15) is 17.1 Å². The van der Waals surface area contributed by atoms with E-state index >= 15 is 0 Å². The van der Waals surface area contributed by atoms with Crippen molar-refractivity contribution in [1.29, 1.82) is 0 Å². The lowest BCUT2D eigenvalue weighted by molar-refractivity contribution is -0.385. The van der Waals surface area contributed by atoms with Gasteiger partial charge in [0, 0.05) is 6.07 Å². The molecule has 9 heteroatoms. The van der Waals surface area contributed by atoms with Crippen LogP contribution in [-0.2, 0) is 6.54 Å². The predicted molar refractivity (Wildman–Crippen MR) is 67.0 cm³/mol. The number of nitrogens with zero attached hydrogens (tertiary/aromatic N) is 4. The first-order chi connectivity index (χ1) is 8.97. The maximum atomic E-state index is 11.0. The van der Waals surface area contributed by atoms with Crippen LogP contribution in [0.1, 0.15) is 17.1 Å². The summed E-state index contributed by atoms with van der Waals surface area (Å²) < 4.78 is 4.90. The highest BCUT2D eigenvalue weighted by atomic mass is 35.5. The van der Waals surface area contributed by atoms with Crippen LogP contribution in [0.25, 0.3) is 0 Å². The van der Waals surface area contributed by atoms with Crippen molar-refractivity contribution < 1.29 is 9.45 Å². The van der Waals surface area contributed by atoms with Gasteiger partial charge in [0.15, 0.2) is 0 Å². The van der Waals surface area contributed by atoms with E-state index < -0.39 is 4.92 Å². The van der Waals surface area contributed by atoms with E-state index in [-0.39, 0.29) is 29.0 Å². The molecule has 0 saturated carbocycles. The molecule has 1 N–H and O–H groups in total. The van der Waals surface area contributed by atoms with Crippen molar-refractivity contribution in [3.05, 3.63) is 38.6 Å². The Kier molecular flexibility index (Phi) is 3.61. The van der Waals surface area contributed by atoms with E-state index in [0.29, 0.717) is 11.5 Å². The number of hydrogen-bond donors (Lipinski definition) is 1. The Hall–Kier alpha value is -2.22. The standard InChI is InChI=1S/C10H10ClN5O3/c1-5-3-7(15-19-5)4-12-9-8(16(17)18)6(2)13-10(11)14-9/h3H,4H2,1-2H3,(H,12,13,14). The molecule has 0 aliphatic carbocycles. The molecule has 0 bridgehead atoms. The Labute approximate surface area is 112 Å².